The zero-order valence-electron chi connectivity index (χ0n) is 20.5. The van der Waals surface area contributed by atoms with Gasteiger partial charge in [0.1, 0.15) is 6.04 Å². The Morgan fingerprint density at radius 2 is 1.94 bits per heavy atom. The topological polar surface area (TPSA) is 61.4 Å². The summed E-state index contributed by atoms with van der Waals surface area (Å²) in [6, 6.07) is 6.98. The van der Waals surface area contributed by atoms with Crippen molar-refractivity contribution in [2.45, 2.75) is 70.4 Å². The van der Waals surface area contributed by atoms with Crippen LogP contribution in [0.2, 0.25) is 0 Å². The van der Waals surface area contributed by atoms with Crippen LogP contribution in [0.3, 0.4) is 0 Å². The maximum Gasteiger partial charge on any atom is 0.253 e. The van der Waals surface area contributed by atoms with Crippen molar-refractivity contribution >= 4 is 17.4 Å². The molecule has 3 rings (SSSR count). The monoisotopic (exact) mass is 449 g/mol. The lowest BCUT2D eigenvalue weighted by Gasteiger charge is -2.32. The third kappa shape index (κ3) is 5.14. The summed E-state index contributed by atoms with van der Waals surface area (Å²) in [6.45, 7) is 13.2. The van der Waals surface area contributed by atoms with Gasteiger partial charge in [-0.2, -0.15) is 0 Å². The van der Waals surface area contributed by atoms with E-state index >= 15 is 0 Å². The molecule has 178 valence electrons. The van der Waals surface area contributed by atoms with E-state index in [1.54, 1.807) is 24.1 Å². The van der Waals surface area contributed by atoms with Crippen molar-refractivity contribution in [3.63, 3.8) is 0 Å². The molecular formula is C28H39N3O2. The normalized spacial score (nSPS) is 20.8. The van der Waals surface area contributed by atoms with Crippen LogP contribution in [0.1, 0.15) is 76.0 Å². The summed E-state index contributed by atoms with van der Waals surface area (Å²) < 4.78 is 0. The maximum absolute atomic E-state index is 13.7. The number of fused-ring (bicyclic) bond motifs is 1. The number of nitrogens with one attached hydrogen (secondary N) is 2. The number of likely N-dealkylation sites (N-methyl/N-ethyl adjacent to an activating group) is 1. The molecule has 5 heteroatoms. The molecule has 0 saturated heterocycles. The van der Waals surface area contributed by atoms with Gasteiger partial charge in [-0.3, -0.25) is 9.59 Å². The second-order valence-corrected chi connectivity index (χ2v) is 9.47. The summed E-state index contributed by atoms with van der Waals surface area (Å²) in [6.07, 6.45) is 10.4. The van der Waals surface area contributed by atoms with Crippen molar-refractivity contribution < 1.29 is 9.59 Å². The average molecular weight is 450 g/mol. The van der Waals surface area contributed by atoms with Gasteiger partial charge in [0, 0.05) is 12.6 Å². The van der Waals surface area contributed by atoms with E-state index in [9.17, 15) is 9.59 Å². The molecule has 1 aliphatic carbocycles. The molecule has 1 aliphatic heterocycles. The molecule has 0 radical (unpaired) electrons. The first kappa shape index (κ1) is 25.0. The van der Waals surface area contributed by atoms with Crippen molar-refractivity contribution in [3.05, 3.63) is 66.4 Å². The third-order valence-electron chi connectivity index (χ3n) is 7.38. The molecule has 1 saturated carbocycles. The Morgan fingerprint density at radius 3 is 2.58 bits per heavy atom. The van der Waals surface area contributed by atoms with Gasteiger partial charge in [0.15, 0.2) is 0 Å². The number of hydrogen-bond acceptors (Lipinski definition) is 3. The molecule has 33 heavy (non-hydrogen) atoms. The number of nitrogens with zero attached hydrogens (tertiary/aromatic N) is 1. The van der Waals surface area contributed by atoms with E-state index in [1.807, 2.05) is 24.3 Å². The van der Waals surface area contributed by atoms with Crippen LogP contribution in [-0.4, -0.2) is 35.8 Å². The number of carbonyl (C=O) groups is 2. The smallest absolute Gasteiger partial charge is 0.253 e. The molecular weight excluding hydrogens is 410 g/mol. The average Bonchev–Trinajstić information content (AvgIpc) is 3.30. The Balaban J connectivity index is 1.86. The van der Waals surface area contributed by atoms with Crippen molar-refractivity contribution in [1.29, 1.82) is 0 Å². The molecule has 2 N–H and O–H groups in total. The minimum Gasteiger partial charge on any atom is -0.339 e. The highest BCUT2D eigenvalue weighted by molar-refractivity contribution is 5.97. The molecule has 2 amide bonds. The molecule has 1 fully saturated rings. The van der Waals surface area contributed by atoms with Crippen molar-refractivity contribution in [2.75, 3.05) is 13.6 Å². The molecule has 0 aromatic heterocycles. The summed E-state index contributed by atoms with van der Waals surface area (Å²) in [5.41, 5.74) is 2.61. The zero-order valence-corrected chi connectivity index (χ0v) is 20.5. The highest BCUT2D eigenvalue weighted by Gasteiger charge is 2.43. The van der Waals surface area contributed by atoms with Gasteiger partial charge in [0.05, 0.1) is 11.2 Å². The molecule has 0 bridgehead atoms. The lowest BCUT2D eigenvalue weighted by molar-refractivity contribution is -0.136. The van der Waals surface area contributed by atoms with Crippen molar-refractivity contribution in [1.82, 2.24) is 15.5 Å². The fourth-order valence-electron chi connectivity index (χ4n) is 5.07. The van der Waals surface area contributed by atoms with E-state index in [1.165, 1.54) is 6.42 Å². The number of carbonyl (C=O) groups excluding carboxylic acids is 2. The summed E-state index contributed by atoms with van der Waals surface area (Å²) in [5.74, 6) is 0.446. The van der Waals surface area contributed by atoms with E-state index in [2.05, 4.69) is 37.6 Å². The van der Waals surface area contributed by atoms with Gasteiger partial charge < -0.3 is 15.5 Å². The second kappa shape index (κ2) is 11.0. The quantitative estimate of drug-likeness (QED) is 0.487. The standard InChI is InChI=1S/C28H39N3O2/c1-6-20(4)14-13-19-29-28(17-11-12-18-28)27(33)30-25-23-16-10-9-15-22(23)21(7-2)24(8-3)31(5)26(25)32/h7-10,15-16,20,25,29H,2-3,6,11-14,17-19H2,1,4-5H3,(H,30,33). The lowest BCUT2D eigenvalue weighted by Crippen LogP contribution is -2.57. The Bertz CT molecular complexity index is 927. The summed E-state index contributed by atoms with van der Waals surface area (Å²) >= 11 is 0. The zero-order chi connectivity index (χ0) is 24.0. The second-order valence-electron chi connectivity index (χ2n) is 9.47. The van der Waals surface area contributed by atoms with E-state index in [4.69, 9.17) is 0 Å². The number of rotatable bonds is 10. The fourth-order valence-corrected chi connectivity index (χ4v) is 5.07. The van der Waals surface area contributed by atoms with Crippen LogP contribution in [0.15, 0.2) is 55.3 Å². The highest BCUT2D eigenvalue weighted by Crippen LogP contribution is 2.36. The van der Waals surface area contributed by atoms with E-state index in [0.29, 0.717) is 11.6 Å². The van der Waals surface area contributed by atoms with Crippen LogP contribution >= 0.6 is 0 Å². The van der Waals surface area contributed by atoms with Crippen molar-refractivity contribution in [3.8, 4) is 0 Å². The minimum atomic E-state index is -0.759. The van der Waals surface area contributed by atoms with Gasteiger partial charge >= 0.3 is 0 Å². The minimum absolute atomic E-state index is 0.0766. The number of amides is 2. The molecule has 2 atom stereocenters. The molecule has 0 spiro atoms. The largest absolute Gasteiger partial charge is 0.339 e. The predicted octanol–water partition coefficient (Wildman–Crippen LogP) is 5.13. The van der Waals surface area contributed by atoms with Crippen LogP contribution in [0.5, 0.6) is 0 Å². The van der Waals surface area contributed by atoms with Gasteiger partial charge in [-0.05, 0) is 55.3 Å². The first-order valence-electron chi connectivity index (χ1n) is 12.3. The van der Waals surface area contributed by atoms with Crippen LogP contribution in [0.25, 0.3) is 5.57 Å². The summed E-state index contributed by atoms with van der Waals surface area (Å²) in [7, 11) is 1.73. The molecule has 2 aliphatic rings. The highest BCUT2D eigenvalue weighted by atomic mass is 16.2. The van der Waals surface area contributed by atoms with Gasteiger partial charge in [-0.15, -0.1) is 0 Å². The maximum atomic E-state index is 13.7. The number of benzene rings is 1. The Hall–Kier alpha value is -2.66. The number of hydrogen-bond donors (Lipinski definition) is 2. The van der Waals surface area contributed by atoms with Gasteiger partial charge in [-0.25, -0.2) is 0 Å². The van der Waals surface area contributed by atoms with Crippen molar-refractivity contribution in [2.24, 2.45) is 5.92 Å². The predicted molar refractivity (Wildman–Crippen MR) is 135 cm³/mol. The van der Waals surface area contributed by atoms with Gasteiger partial charge in [-0.1, -0.05) is 76.6 Å². The van der Waals surface area contributed by atoms with E-state index in [0.717, 1.165) is 61.8 Å². The Kier molecular flexibility index (Phi) is 8.30. The summed E-state index contributed by atoms with van der Waals surface area (Å²) in [4.78, 5) is 28.8. The molecule has 2 unspecified atom stereocenters. The van der Waals surface area contributed by atoms with Crippen LogP contribution in [0, 0.1) is 5.92 Å². The SMILES string of the molecule is C=CC1=C(C=C)N(C)C(=O)C(NC(=O)C2(NCCCC(C)CC)CCCC2)c2ccccc21. The third-order valence-corrected chi connectivity index (χ3v) is 7.38. The van der Waals surface area contributed by atoms with Crippen LogP contribution in [0.4, 0.5) is 0 Å². The Morgan fingerprint density at radius 1 is 1.24 bits per heavy atom. The number of allylic oxidation sites excluding steroid dienone is 3. The van der Waals surface area contributed by atoms with E-state index < -0.39 is 11.6 Å². The van der Waals surface area contributed by atoms with Gasteiger partial charge in [0.2, 0.25) is 5.91 Å². The fraction of sp³-hybridized carbons (Fsp3) is 0.500. The van der Waals surface area contributed by atoms with Crippen LogP contribution in [-0.2, 0) is 9.59 Å². The van der Waals surface area contributed by atoms with Crippen LogP contribution < -0.4 is 10.6 Å². The molecule has 1 aromatic carbocycles. The molecule has 1 aromatic rings. The first-order chi connectivity index (χ1) is 15.9. The van der Waals surface area contributed by atoms with Gasteiger partial charge in [0.25, 0.3) is 5.91 Å². The molecule has 5 nitrogen and oxygen atoms in total. The van der Waals surface area contributed by atoms with E-state index in [-0.39, 0.29) is 11.8 Å². The molecule has 1 heterocycles. The summed E-state index contributed by atoms with van der Waals surface area (Å²) in [5, 5.41) is 6.73. The lowest BCUT2D eigenvalue weighted by atomic mass is 9.92. The Labute approximate surface area is 199 Å². The first-order valence-corrected chi connectivity index (χ1v) is 12.3.